The second-order valence-corrected chi connectivity index (χ2v) is 7.72. The number of methoxy groups -OCH3 is 2. The maximum Gasteiger partial charge on any atom is 0.318 e. The van der Waals surface area contributed by atoms with Gasteiger partial charge >= 0.3 is 5.97 Å². The number of thioether (sulfide) groups is 1. The molecule has 0 fully saturated rings. The van der Waals surface area contributed by atoms with E-state index in [0.717, 1.165) is 10.5 Å². The molecule has 7 heteroatoms. The van der Waals surface area contributed by atoms with Gasteiger partial charge in [-0.05, 0) is 37.3 Å². The Bertz CT molecular complexity index is 827. The molecule has 1 unspecified atom stereocenters. The van der Waals surface area contributed by atoms with E-state index in [1.807, 2.05) is 12.1 Å². The number of carbonyl (C=O) groups is 2. The van der Waals surface area contributed by atoms with Crippen LogP contribution in [0.4, 0.5) is 0 Å². The zero-order chi connectivity index (χ0) is 20.0. The minimum absolute atomic E-state index is 0.155. The molecule has 0 saturated heterocycles. The van der Waals surface area contributed by atoms with Gasteiger partial charge in [-0.25, -0.2) is 0 Å². The molecule has 0 aliphatic heterocycles. The molecule has 0 aliphatic carbocycles. The summed E-state index contributed by atoms with van der Waals surface area (Å²) in [5.74, 6) is 0.178. The molecule has 144 valence electrons. The zero-order valence-electron chi connectivity index (χ0n) is 15.7. The van der Waals surface area contributed by atoms with E-state index in [9.17, 15) is 9.59 Å². The van der Waals surface area contributed by atoms with Crippen molar-refractivity contribution in [3.05, 3.63) is 58.6 Å². The smallest absolute Gasteiger partial charge is 0.318 e. The molecule has 5 nitrogen and oxygen atoms in total. The predicted octanol–water partition coefficient (Wildman–Crippen LogP) is 4.27. The molecule has 0 N–H and O–H groups in total. The van der Waals surface area contributed by atoms with Crippen molar-refractivity contribution >= 4 is 35.2 Å². The topological polar surface area (TPSA) is 55.8 Å². The second kappa shape index (κ2) is 9.67. The van der Waals surface area contributed by atoms with E-state index in [4.69, 9.17) is 21.1 Å². The molecule has 2 rings (SSSR count). The van der Waals surface area contributed by atoms with Crippen LogP contribution in [0.25, 0.3) is 0 Å². The Labute approximate surface area is 168 Å². The Morgan fingerprint density at radius 2 is 1.89 bits per heavy atom. The second-order valence-electron chi connectivity index (χ2n) is 5.90. The first-order chi connectivity index (χ1) is 12.9. The number of ether oxygens (including phenoxy) is 2. The number of carbonyl (C=O) groups excluding carboxylic acids is 2. The maximum absolute atomic E-state index is 13.0. The highest BCUT2D eigenvalue weighted by atomic mass is 35.5. The number of hydrogen-bond donors (Lipinski definition) is 0. The Balaban J connectivity index is 2.22. The third-order valence-electron chi connectivity index (χ3n) is 3.95. The van der Waals surface area contributed by atoms with Crippen molar-refractivity contribution in [3.8, 4) is 5.75 Å². The van der Waals surface area contributed by atoms with Crippen LogP contribution in [0.3, 0.4) is 0 Å². The quantitative estimate of drug-likeness (QED) is 0.506. The van der Waals surface area contributed by atoms with Crippen LogP contribution in [0.15, 0.2) is 47.4 Å². The highest BCUT2D eigenvalue weighted by Crippen LogP contribution is 2.29. The number of halogens is 1. The van der Waals surface area contributed by atoms with E-state index in [2.05, 4.69) is 0 Å². The van der Waals surface area contributed by atoms with Crippen LogP contribution in [-0.4, -0.2) is 43.3 Å². The van der Waals surface area contributed by atoms with Gasteiger partial charge in [-0.3, -0.25) is 9.59 Å². The minimum atomic E-state index is -0.415. The van der Waals surface area contributed by atoms with Crippen LogP contribution >= 0.6 is 23.4 Å². The molecular formula is C20H22ClNO4S. The van der Waals surface area contributed by atoms with Crippen molar-refractivity contribution in [1.82, 2.24) is 4.90 Å². The van der Waals surface area contributed by atoms with E-state index < -0.39 is 5.25 Å². The molecule has 2 aromatic carbocycles. The number of amides is 1. The lowest BCUT2D eigenvalue weighted by atomic mass is 10.1. The van der Waals surface area contributed by atoms with E-state index >= 15 is 0 Å². The van der Waals surface area contributed by atoms with Crippen LogP contribution in [0.2, 0.25) is 5.02 Å². The van der Waals surface area contributed by atoms with Crippen LogP contribution in [0.1, 0.15) is 22.8 Å². The Hall–Kier alpha value is -2.18. The molecule has 0 bridgehead atoms. The van der Waals surface area contributed by atoms with Gasteiger partial charge in [0.15, 0.2) is 0 Å². The van der Waals surface area contributed by atoms with Gasteiger partial charge in [-0.2, -0.15) is 0 Å². The molecule has 0 aliphatic rings. The van der Waals surface area contributed by atoms with Crippen molar-refractivity contribution < 1.29 is 19.1 Å². The highest BCUT2D eigenvalue weighted by molar-refractivity contribution is 8.00. The SMILES string of the molecule is COC(=O)C(C)Sc1ccccc1C(=O)N(C)Cc1cc(Cl)ccc1OC. The lowest BCUT2D eigenvalue weighted by Gasteiger charge is -2.21. The summed E-state index contributed by atoms with van der Waals surface area (Å²) in [5, 5.41) is 0.164. The number of benzene rings is 2. The molecule has 27 heavy (non-hydrogen) atoms. The highest BCUT2D eigenvalue weighted by Gasteiger charge is 2.21. The molecule has 0 spiro atoms. The van der Waals surface area contributed by atoms with Gasteiger partial charge in [0.2, 0.25) is 0 Å². The summed E-state index contributed by atoms with van der Waals surface area (Å²) in [6, 6.07) is 12.5. The van der Waals surface area contributed by atoms with Crippen molar-refractivity contribution in [3.63, 3.8) is 0 Å². The summed E-state index contributed by atoms with van der Waals surface area (Å²) in [7, 11) is 4.64. The average Bonchev–Trinajstić information content (AvgIpc) is 2.67. The summed E-state index contributed by atoms with van der Waals surface area (Å²) in [4.78, 5) is 27.0. The zero-order valence-corrected chi connectivity index (χ0v) is 17.3. The van der Waals surface area contributed by atoms with E-state index in [1.54, 1.807) is 56.3 Å². The number of esters is 1. The fourth-order valence-electron chi connectivity index (χ4n) is 2.55. The van der Waals surface area contributed by atoms with Crippen LogP contribution < -0.4 is 4.74 Å². The average molecular weight is 408 g/mol. The molecule has 1 atom stereocenters. The summed E-state index contributed by atoms with van der Waals surface area (Å²) in [5.41, 5.74) is 1.34. The van der Waals surface area contributed by atoms with Crippen LogP contribution in [0, 0.1) is 0 Å². The van der Waals surface area contributed by atoms with Crippen LogP contribution in [-0.2, 0) is 16.1 Å². The predicted molar refractivity (Wildman–Crippen MR) is 108 cm³/mol. The summed E-state index contributed by atoms with van der Waals surface area (Å²) < 4.78 is 10.1. The van der Waals surface area contributed by atoms with Crippen molar-refractivity contribution in [2.24, 2.45) is 0 Å². The summed E-state index contributed by atoms with van der Waals surface area (Å²) >= 11 is 7.37. The van der Waals surface area contributed by atoms with Gasteiger partial charge in [0.25, 0.3) is 5.91 Å². The van der Waals surface area contributed by atoms with Gasteiger partial charge < -0.3 is 14.4 Å². The van der Waals surface area contributed by atoms with Gasteiger partial charge in [0.05, 0.1) is 19.8 Å². The minimum Gasteiger partial charge on any atom is -0.496 e. The molecule has 2 aromatic rings. The Morgan fingerprint density at radius 3 is 2.56 bits per heavy atom. The fraction of sp³-hybridized carbons (Fsp3) is 0.300. The van der Waals surface area contributed by atoms with Gasteiger partial charge in [0, 0.05) is 29.1 Å². The van der Waals surface area contributed by atoms with E-state index in [-0.39, 0.29) is 11.9 Å². The van der Waals surface area contributed by atoms with Gasteiger partial charge in [-0.15, -0.1) is 11.8 Å². The Morgan fingerprint density at radius 1 is 1.19 bits per heavy atom. The summed E-state index contributed by atoms with van der Waals surface area (Å²) in [6.45, 7) is 2.09. The number of nitrogens with zero attached hydrogens (tertiary/aromatic N) is 1. The molecule has 0 saturated carbocycles. The van der Waals surface area contributed by atoms with Gasteiger partial charge in [0.1, 0.15) is 11.0 Å². The van der Waals surface area contributed by atoms with Crippen molar-refractivity contribution in [1.29, 1.82) is 0 Å². The summed E-state index contributed by atoms with van der Waals surface area (Å²) in [6.07, 6.45) is 0. The first kappa shape index (κ1) is 21.1. The third-order valence-corrected chi connectivity index (χ3v) is 5.34. The van der Waals surface area contributed by atoms with Crippen LogP contribution in [0.5, 0.6) is 5.75 Å². The van der Waals surface area contributed by atoms with Crippen molar-refractivity contribution in [2.45, 2.75) is 23.6 Å². The monoisotopic (exact) mass is 407 g/mol. The van der Waals surface area contributed by atoms with E-state index in [0.29, 0.717) is 22.9 Å². The third kappa shape index (κ3) is 5.40. The molecule has 1 amide bonds. The van der Waals surface area contributed by atoms with E-state index in [1.165, 1.54) is 18.9 Å². The molecule has 0 aromatic heterocycles. The lowest BCUT2D eigenvalue weighted by molar-refractivity contribution is -0.139. The molecule has 0 radical (unpaired) electrons. The largest absolute Gasteiger partial charge is 0.496 e. The number of rotatable bonds is 7. The molecular weight excluding hydrogens is 386 g/mol. The number of hydrogen-bond acceptors (Lipinski definition) is 5. The first-order valence-electron chi connectivity index (χ1n) is 8.28. The standard InChI is InChI=1S/C20H22ClNO4S/c1-13(20(24)26-4)27-18-8-6-5-7-16(18)19(23)22(2)12-14-11-15(21)9-10-17(14)25-3/h5-11,13H,12H2,1-4H3. The first-order valence-corrected chi connectivity index (χ1v) is 9.54. The fourth-order valence-corrected chi connectivity index (χ4v) is 3.76. The van der Waals surface area contributed by atoms with Crippen molar-refractivity contribution in [2.75, 3.05) is 21.3 Å². The molecule has 0 heterocycles. The Kier molecular flexibility index (Phi) is 7.56. The van der Waals surface area contributed by atoms with Gasteiger partial charge in [-0.1, -0.05) is 23.7 Å². The lowest BCUT2D eigenvalue weighted by Crippen LogP contribution is -2.27. The normalized spacial score (nSPS) is 11.6. The maximum atomic E-state index is 13.0.